The van der Waals surface area contributed by atoms with Gasteiger partial charge in [0, 0.05) is 31.7 Å². The van der Waals surface area contributed by atoms with Crippen LogP contribution >= 0.6 is 0 Å². The Hall–Kier alpha value is -2.69. The molecule has 2 atom stereocenters. The van der Waals surface area contributed by atoms with E-state index >= 15 is 0 Å². The number of alkyl halides is 3. The summed E-state index contributed by atoms with van der Waals surface area (Å²) < 4.78 is 45.0. The number of likely N-dealkylation sites (tertiary alicyclic amines) is 2. The minimum atomic E-state index is -5.08. The van der Waals surface area contributed by atoms with Crippen molar-refractivity contribution in [2.45, 2.75) is 12.6 Å². The summed E-state index contributed by atoms with van der Waals surface area (Å²) >= 11 is 0. The van der Waals surface area contributed by atoms with Crippen molar-refractivity contribution >= 4 is 17.8 Å². The summed E-state index contributed by atoms with van der Waals surface area (Å²) in [5.74, 6) is -3.52. The van der Waals surface area contributed by atoms with Gasteiger partial charge in [-0.05, 0) is 36.5 Å². The van der Waals surface area contributed by atoms with Gasteiger partial charge in [0.05, 0.1) is 6.54 Å². The average Bonchev–Trinajstić information content (AvgIpc) is 2.59. The molecule has 0 spiro atoms. The number of nitrogens with zero attached hydrogens (tertiary/aromatic N) is 2. The molecule has 1 aromatic rings. The quantitative estimate of drug-likeness (QED) is 0.726. The SMILES string of the molecule is O=C(O)C(F)(F)F.O=C(O)CN1C[C@H]2C[C@H](C1)CN(C(=O)c1cccc(F)c1)C2. The second kappa shape index (κ2) is 9.21. The van der Waals surface area contributed by atoms with Crippen molar-refractivity contribution in [3.63, 3.8) is 0 Å². The molecule has 7 nitrogen and oxygen atoms in total. The van der Waals surface area contributed by atoms with Crippen LogP contribution in [0.1, 0.15) is 16.8 Å². The molecule has 0 aliphatic carbocycles. The number of carboxylic acid groups (broad SMARTS) is 2. The normalized spacial score (nSPS) is 21.7. The number of hydrogen-bond acceptors (Lipinski definition) is 4. The van der Waals surface area contributed by atoms with Gasteiger partial charge in [0.15, 0.2) is 0 Å². The lowest BCUT2D eigenvalue weighted by Crippen LogP contribution is -2.54. The highest BCUT2D eigenvalue weighted by atomic mass is 19.4. The standard InChI is InChI=1S/C16H19FN2O3.C2HF3O2/c17-14-3-1-2-13(5-14)16(22)19-8-11-4-12(9-19)7-18(6-11)10-15(20)21;3-2(4,5)1(6)7/h1-3,5,11-12H,4,6-10H2,(H,20,21);(H,6,7)/t11-,12-;/m1./s1. The van der Waals surface area contributed by atoms with Crippen LogP contribution < -0.4 is 0 Å². The van der Waals surface area contributed by atoms with Gasteiger partial charge >= 0.3 is 18.1 Å². The zero-order valence-corrected chi connectivity index (χ0v) is 15.2. The van der Waals surface area contributed by atoms with Gasteiger partial charge < -0.3 is 15.1 Å². The molecule has 2 aliphatic heterocycles. The van der Waals surface area contributed by atoms with Crippen LogP contribution in [0.3, 0.4) is 0 Å². The van der Waals surface area contributed by atoms with Crippen LogP contribution in [0.5, 0.6) is 0 Å². The van der Waals surface area contributed by atoms with Crippen molar-refractivity contribution in [2.24, 2.45) is 11.8 Å². The van der Waals surface area contributed by atoms with Crippen LogP contribution in [0.15, 0.2) is 24.3 Å². The van der Waals surface area contributed by atoms with E-state index in [-0.39, 0.29) is 12.5 Å². The zero-order valence-electron chi connectivity index (χ0n) is 15.2. The summed E-state index contributed by atoms with van der Waals surface area (Å²) in [6, 6.07) is 5.77. The van der Waals surface area contributed by atoms with Gasteiger partial charge in [-0.1, -0.05) is 6.07 Å². The molecule has 29 heavy (non-hydrogen) atoms. The van der Waals surface area contributed by atoms with E-state index in [9.17, 15) is 27.2 Å². The number of halogens is 4. The summed E-state index contributed by atoms with van der Waals surface area (Å²) in [7, 11) is 0. The number of amides is 1. The van der Waals surface area contributed by atoms with Crippen LogP contribution in [0, 0.1) is 17.7 Å². The highest BCUT2D eigenvalue weighted by Gasteiger charge is 2.38. The van der Waals surface area contributed by atoms with Gasteiger partial charge in [-0.3, -0.25) is 14.5 Å². The molecule has 0 unspecified atom stereocenters. The molecule has 1 aromatic carbocycles. The number of piperidine rings is 2. The first-order chi connectivity index (χ1) is 13.5. The van der Waals surface area contributed by atoms with Gasteiger partial charge in [0.2, 0.25) is 0 Å². The summed E-state index contributed by atoms with van der Waals surface area (Å²) in [6.07, 6.45) is -4.05. The van der Waals surface area contributed by atoms with E-state index in [1.54, 1.807) is 17.0 Å². The average molecular weight is 420 g/mol. The Morgan fingerprint density at radius 3 is 2.03 bits per heavy atom. The van der Waals surface area contributed by atoms with Gasteiger partial charge in [-0.15, -0.1) is 0 Å². The van der Waals surface area contributed by atoms with E-state index in [0.29, 0.717) is 43.6 Å². The second-order valence-electron chi connectivity index (χ2n) is 7.08. The van der Waals surface area contributed by atoms with Crippen LogP contribution in [0.2, 0.25) is 0 Å². The molecule has 0 saturated carbocycles. The fourth-order valence-corrected chi connectivity index (χ4v) is 3.68. The first-order valence-electron chi connectivity index (χ1n) is 8.74. The number of carbonyl (C=O) groups excluding carboxylic acids is 1. The Bertz CT molecular complexity index is 757. The maximum Gasteiger partial charge on any atom is 0.490 e. The van der Waals surface area contributed by atoms with Crippen LogP contribution in [-0.2, 0) is 9.59 Å². The molecule has 0 radical (unpaired) electrons. The van der Waals surface area contributed by atoms with Gasteiger partial charge in [0.1, 0.15) is 5.82 Å². The third kappa shape index (κ3) is 6.70. The van der Waals surface area contributed by atoms with Crippen molar-refractivity contribution in [2.75, 3.05) is 32.7 Å². The lowest BCUT2D eigenvalue weighted by Gasteiger charge is -2.45. The minimum absolute atomic E-state index is 0.0604. The van der Waals surface area contributed by atoms with Crippen molar-refractivity contribution in [3.05, 3.63) is 35.6 Å². The molecular formula is C18H20F4N2O5. The lowest BCUT2D eigenvalue weighted by atomic mass is 9.84. The number of rotatable bonds is 3. The van der Waals surface area contributed by atoms with Gasteiger partial charge in [-0.2, -0.15) is 13.2 Å². The number of hydrogen-bond donors (Lipinski definition) is 2. The molecule has 3 rings (SSSR count). The van der Waals surface area contributed by atoms with E-state index in [1.165, 1.54) is 12.1 Å². The Balaban J connectivity index is 0.000000370. The molecule has 11 heteroatoms. The van der Waals surface area contributed by atoms with Crippen molar-refractivity contribution in [1.29, 1.82) is 0 Å². The summed E-state index contributed by atoms with van der Waals surface area (Å²) in [6.45, 7) is 2.69. The smallest absolute Gasteiger partial charge is 0.480 e. The Morgan fingerprint density at radius 2 is 1.59 bits per heavy atom. The number of carboxylic acids is 2. The zero-order chi connectivity index (χ0) is 21.8. The first kappa shape index (κ1) is 22.6. The van der Waals surface area contributed by atoms with Crippen LogP contribution in [0.4, 0.5) is 17.6 Å². The maximum atomic E-state index is 13.3. The van der Waals surface area contributed by atoms with Crippen molar-refractivity contribution in [3.8, 4) is 0 Å². The fraction of sp³-hybridized carbons (Fsp3) is 0.500. The molecule has 2 bridgehead atoms. The van der Waals surface area contributed by atoms with Crippen molar-refractivity contribution in [1.82, 2.24) is 9.80 Å². The van der Waals surface area contributed by atoms with Crippen molar-refractivity contribution < 1.29 is 42.2 Å². The van der Waals surface area contributed by atoms with E-state index in [4.69, 9.17) is 15.0 Å². The van der Waals surface area contributed by atoms with Crippen LogP contribution in [0.25, 0.3) is 0 Å². The topological polar surface area (TPSA) is 98.1 Å². The molecule has 1 amide bonds. The van der Waals surface area contributed by atoms with E-state index in [1.807, 2.05) is 4.90 Å². The lowest BCUT2D eigenvalue weighted by molar-refractivity contribution is -0.192. The van der Waals surface area contributed by atoms with Crippen LogP contribution in [-0.4, -0.2) is 76.8 Å². The molecule has 160 valence electrons. The minimum Gasteiger partial charge on any atom is -0.480 e. The fourth-order valence-electron chi connectivity index (χ4n) is 3.68. The molecule has 2 heterocycles. The highest BCUT2D eigenvalue weighted by molar-refractivity contribution is 5.94. The second-order valence-corrected chi connectivity index (χ2v) is 7.08. The molecule has 2 saturated heterocycles. The van der Waals surface area contributed by atoms with E-state index < -0.39 is 23.9 Å². The summed E-state index contributed by atoms with van der Waals surface area (Å²) in [4.78, 5) is 36.0. The van der Waals surface area contributed by atoms with E-state index in [2.05, 4.69) is 0 Å². The highest BCUT2D eigenvalue weighted by Crippen LogP contribution is 2.29. The Morgan fingerprint density at radius 1 is 1.03 bits per heavy atom. The third-order valence-corrected chi connectivity index (χ3v) is 4.62. The summed E-state index contributed by atoms with van der Waals surface area (Å²) in [5, 5.41) is 16.0. The number of benzene rings is 1. The largest absolute Gasteiger partial charge is 0.490 e. The van der Waals surface area contributed by atoms with Gasteiger partial charge in [-0.25, -0.2) is 9.18 Å². The maximum absolute atomic E-state index is 13.3. The third-order valence-electron chi connectivity index (χ3n) is 4.62. The molecule has 2 fully saturated rings. The Labute approximate surface area is 163 Å². The molecule has 2 N–H and O–H groups in total. The predicted molar refractivity (Wildman–Crippen MR) is 91.7 cm³/mol. The predicted octanol–water partition coefficient (Wildman–Crippen LogP) is 1.94. The summed E-state index contributed by atoms with van der Waals surface area (Å²) in [5.41, 5.74) is 0.377. The number of fused-ring (bicyclic) bond motifs is 2. The Kier molecular flexibility index (Phi) is 7.17. The first-order valence-corrected chi connectivity index (χ1v) is 8.74. The molecule has 2 aliphatic rings. The monoisotopic (exact) mass is 420 g/mol. The molecule has 0 aromatic heterocycles. The van der Waals surface area contributed by atoms with E-state index in [0.717, 1.165) is 6.42 Å². The number of aliphatic carboxylic acids is 2. The number of carbonyl (C=O) groups is 3. The van der Waals surface area contributed by atoms with Gasteiger partial charge in [0.25, 0.3) is 5.91 Å². The molecular weight excluding hydrogens is 400 g/mol.